The molecule has 1 amide bonds. The normalized spacial score (nSPS) is 13.3. The molecule has 148 valence electrons. The summed E-state index contributed by atoms with van der Waals surface area (Å²) in [5, 5.41) is 5.69. The van der Waals surface area contributed by atoms with Crippen LogP contribution in [0.1, 0.15) is 50.4 Å². The van der Waals surface area contributed by atoms with E-state index in [-0.39, 0.29) is 11.7 Å². The fourth-order valence-electron chi connectivity index (χ4n) is 3.37. The number of hydrogen-bond donors (Lipinski definition) is 1. The first kappa shape index (κ1) is 19.9. The lowest BCUT2D eigenvalue weighted by atomic mass is 10.0. The smallest absolute Gasteiger partial charge is 0.266 e. The molecule has 2 aromatic carbocycles. The number of anilines is 1. The van der Waals surface area contributed by atoms with E-state index in [2.05, 4.69) is 5.32 Å². The maximum absolute atomic E-state index is 12.9. The summed E-state index contributed by atoms with van der Waals surface area (Å²) in [6.07, 6.45) is 2.90. The van der Waals surface area contributed by atoms with Crippen molar-refractivity contribution in [1.82, 2.24) is 0 Å². The summed E-state index contributed by atoms with van der Waals surface area (Å²) in [6.45, 7) is 3.89. The SMILES string of the molecule is Cc1ccc(C(=O)CC2CC2)cc1NC(=O)c1scc(-c2ccc(Cl)cc2)c1C. The Kier molecular flexibility index (Phi) is 5.57. The van der Waals surface area contributed by atoms with Crippen molar-refractivity contribution in [3.8, 4) is 11.1 Å². The second-order valence-electron chi connectivity index (χ2n) is 7.66. The van der Waals surface area contributed by atoms with Gasteiger partial charge in [-0.15, -0.1) is 11.3 Å². The molecule has 0 atom stereocenters. The zero-order chi connectivity index (χ0) is 20.5. The van der Waals surface area contributed by atoms with E-state index >= 15 is 0 Å². The van der Waals surface area contributed by atoms with Crippen LogP contribution in [0.3, 0.4) is 0 Å². The zero-order valence-electron chi connectivity index (χ0n) is 16.4. The molecule has 1 fully saturated rings. The minimum absolute atomic E-state index is 0.150. The van der Waals surface area contributed by atoms with Crippen LogP contribution in [0.25, 0.3) is 11.1 Å². The number of amides is 1. The summed E-state index contributed by atoms with van der Waals surface area (Å²) in [5.74, 6) is 0.546. The summed E-state index contributed by atoms with van der Waals surface area (Å²) in [5.41, 5.74) is 5.30. The maximum Gasteiger partial charge on any atom is 0.266 e. The third-order valence-electron chi connectivity index (χ3n) is 5.38. The highest BCUT2D eigenvalue weighted by molar-refractivity contribution is 7.12. The van der Waals surface area contributed by atoms with Gasteiger partial charge in [-0.3, -0.25) is 9.59 Å². The van der Waals surface area contributed by atoms with Gasteiger partial charge in [0, 0.05) is 22.7 Å². The molecular formula is C24H22ClNO2S. The molecule has 1 saturated carbocycles. The van der Waals surface area contributed by atoms with E-state index in [1.54, 1.807) is 6.07 Å². The third-order valence-corrected chi connectivity index (χ3v) is 6.71. The molecule has 3 aromatic rings. The predicted molar refractivity (Wildman–Crippen MR) is 120 cm³/mol. The molecule has 3 nitrogen and oxygen atoms in total. The van der Waals surface area contributed by atoms with E-state index in [9.17, 15) is 9.59 Å². The van der Waals surface area contributed by atoms with Crippen LogP contribution in [-0.2, 0) is 0 Å². The Labute approximate surface area is 179 Å². The number of nitrogens with one attached hydrogen (secondary N) is 1. The largest absolute Gasteiger partial charge is 0.321 e. The fraction of sp³-hybridized carbons (Fsp3) is 0.250. The van der Waals surface area contributed by atoms with Crippen molar-refractivity contribution in [3.05, 3.63) is 74.4 Å². The summed E-state index contributed by atoms with van der Waals surface area (Å²) in [4.78, 5) is 26.1. The molecule has 4 rings (SSSR count). The van der Waals surface area contributed by atoms with Crippen LogP contribution in [0.15, 0.2) is 47.8 Å². The first-order chi connectivity index (χ1) is 13.9. The van der Waals surface area contributed by atoms with Gasteiger partial charge in [-0.25, -0.2) is 0 Å². The summed E-state index contributed by atoms with van der Waals surface area (Å²) < 4.78 is 0. The topological polar surface area (TPSA) is 46.2 Å². The number of hydrogen-bond acceptors (Lipinski definition) is 3. The van der Waals surface area contributed by atoms with Gasteiger partial charge in [0.05, 0.1) is 4.88 Å². The van der Waals surface area contributed by atoms with Gasteiger partial charge in [0.2, 0.25) is 0 Å². The van der Waals surface area contributed by atoms with Gasteiger partial charge in [0.1, 0.15) is 0 Å². The van der Waals surface area contributed by atoms with E-state index in [0.29, 0.717) is 33.5 Å². The average molecular weight is 424 g/mol. The molecule has 5 heteroatoms. The average Bonchev–Trinajstić information content (AvgIpc) is 3.43. The van der Waals surface area contributed by atoms with Crippen LogP contribution in [0.4, 0.5) is 5.69 Å². The van der Waals surface area contributed by atoms with E-state index in [4.69, 9.17) is 11.6 Å². The van der Waals surface area contributed by atoms with Crippen molar-refractivity contribution in [1.29, 1.82) is 0 Å². The summed E-state index contributed by atoms with van der Waals surface area (Å²) in [7, 11) is 0. The molecule has 1 aromatic heterocycles. The minimum Gasteiger partial charge on any atom is -0.321 e. The molecule has 1 aliphatic rings. The monoisotopic (exact) mass is 423 g/mol. The summed E-state index contributed by atoms with van der Waals surface area (Å²) in [6, 6.07) is 13.2. The predicted octanol–water partition coefficient (Wildman–Crippen LogP) is 6.92. The van der Waals surface area contributed by atoms with Crippen molar-refractivity contribution in [2.45, 2.75) is 33.1 Å². The second kappa shape index (κ2) is 8.13. The van der Waals surface area contributed by atoms with Crippen LogP contribution in [0.2, 0.25) is 5.02 Å². The first-order valence-electron chi connectivity index (χ1n) is 9.71. The number of benzene rings is 2. The molecule has 0 radical (unpaired) electrons. The number of carbonyl (C=O) groups is 2. The Morgan fingerprint density at radius 1 is 1.10 bits per heavy atom. The van der Waals surface area contributed by atoms with Gasteiger partial charge in [0.15, 0.2) is 5.78 Å². The number of carbonyl (C=O) groups excluding carboxylic acids is 2. The fourth-order valence-corrected chi connectivity index (χ4v) is 4.49. The second-order valence-corrected chi connectivity index (χ2v) is 8.98. The highest BCUT2D eigenvalue weighted by atomic mass is 35.5. The molecular weight excluding hydrogens is 402 g/mol. The molecule has 0 saturated heterocycles. The van der Waals surface area contributed by atoms with Gasteiger partial charge >= 0.3 is 0 Å². The summed E-state index contributed by atoms with van der Waals surface area (Å²) >= 11 is 7.40. The van der Waals surface area contributed by atoms with Crippen molar-refractivity contribution in [3.63, 3.8) is 0 Å². The Morgan fingerprint density at radius 3 is 2.52 bits per heavy atom. The van der Waals surface area contributed by atoms with Crippen molar-refractivity contribution in [2.24, 2.45) is 5.92 Å². The minimum atomic E-state index is -0.150. The Bertz CT molecular complexity index is 1080. The zero-order valence-corrected chi connectivity index (χ0v) is 18.0. The number of halogens is 1. The number of rotatable bonds is 6. The highest BCUT2D eigenvalue weighted by Crippen LogP contribution is 2.34. The van der Waals surface area contributed by atoms with Crippen molar-refractivity contribution in [2.75, 3.05) is 5.32 Å². The van der Waals surface area contributed by atoms with Crippen LogP contribution in [0.5, 0.6) is 0 Å². The molecule has 1 heterocycles. The van der Waals surface area contributed by atoms with Gasteiger partial charge in [-0.2, -0.15) is 0 Å². The Morgan fingerprint density at radius 2 is 1.83 bits per heavy atom. The number of Topliss-reactive ketones (excluding diaryl/α,β-unsaturated/α-hetero) is 1. The van der Waals surface area contributed by atoms with E-state index in [0.717, 1.165) is 35.1 Å². The van der Waals surface area contributed by atoms with Crippen LogP contribution < -0.4 is 5.32 Å². The number of aryl methyl sites for hydroxylation is 1. The Hall–Kier alpha value is -2.43. The standard InChI is InChI=1S/C24H22ClNO2S/c1-14-3-6-18(22(27)11-16-4-5-16)12-21(14)26-24(28)23-15(2)20(13-29-23)17-7-9-19(25)10-8-17/h3,6-10,12-13,16H,4-5,11H2,1-2H3,(H,26,28). The van der Waals surface area contributed by atoms with Crippen molar-refractivity contribution < 1.29 is 9.59 Å². The third kappa shape index (κ3) is 4.44. The quantitative estimate of drug-likeness (QED) is 0.437. The molecule has 0 unspecified atom stereocenters. The number of ketones is 1. The van der Waals surface area contributed by atoms with Crippen LogP contribution in [0, 0.1) is 19.8 Å². The Balaban J connectivity index is 1.55. The molecule has 0 aliphatic heterocycles. The van der Waals surface area contributed by atoms with Gasteiger partial charge in [0.25, 0.3) is 5.91 Å². The van der Waals surface area contributed by atoms with Gasteiger partial charge < -0.3 is 5.32 Å². The maximum atomic E-state index is 12.9. The lowest BCUT2D eigenvalue weighted by molar-refractivity contribution is 0.0974. The highest BCUT2D eigenvalue weighted by Gasteiger charge is 2.25. The molecule has 1 N–H and O–H groups in total. The molecule has 0 bridgehead atoms. The van der Waals surface area contributed by atoms with Crippen molar-refractivity contribution >= 4 is 40.3 Å². The van der Waals surface area contributed by atoms with Gasteiger partial charge in [-0.05, 0) is 78.4 Å². The lowest BCUT2D eigenvalue weighted by Crippen LogP contribution is -2.13. The van der Waals surface area contributed by atoms with E-state index in [1.807, 2.05) is 55.6 Å². The van der Waals surface area contributed by atoms with Gasteiger partial charge in [-0.1, -0.05) is 35.9 Å². The molecule has 1 aliphatic carbocycles. The van der Waals surface area contributed by atoms with E-state index < -0.39 is 0 Å². The number of thiophene rings is 1. The molecule has 0 spiro atoms. The van der Waals surface area contributed by atoms with E-state index in [1.165, 1.54) is 11.3 Å². The first-order valence-corrected chi connectivity index (χ1v) is 11.0. The van der Waals surface area contributed by atoms with Crippen LogP contribution >= 0.6 is 22.9 Å². The van der Waals surface area contributed by atoms with Crippen LogP contribution in [-0.4, -0.2) is 11.7 Å². The lowest BCUT2D eigenvalue weighted by Gasteiger charge is -2.10. The molecule has 29 heavy (non-hydrogen) atoms.